The zero-order chi connectivity index (χ0) is 15.0. The van der Waals surface area contributed by atoms with Crippen molar-refractivity contribution in [3.05, 3.63) is 56.0 Å². The maximum Gasteiger partial charge on any atom is 0.350 e. The number of fused-ring (bicyclic) bond motifs is 1. The third kappa shape index (κ3) is 2.39. The highest BCUT2D eigenvalue weighted by molar-refractivity contribution is 7.17. The van der Waals surface area contributed by atoms with Crippen LogP contribution in [-0.2, 0) is 11.2 Å². The summed E-state index contributed by atoms with van der Waals surface area (Å²) in [5.74, 6) is -0.424. The van der Waals surface area contributed by atoms with Crippen molar-refractivity contribution in [2.75, 3.05) is 7.11 Å². The van der Waals surface area contributed by atoms with Crippen molar-refractivity contribution in [1.29, 1.82) is 0 Å². The van der Waals surface area contributed by atoms with Crippen molar-refractivity contribution >= 4 is 35.0 Å². The summed E-state index contributed by atoms with van der Waals surface area (Å²) in [4.78, 5) is 16.7. The molecule has 1 heterocycles. The SMILES string of the molecule is CCc1cccc2c1C=CC2c1nc(Cl)sc1C(=O)OC. The number of rotatable bonds is 3. The normalized spacial score (nSPS) is 16.0. The summed E-state index contributed by atoms with van der Waals surface area (Å²) in [6.45, 7) is 2.14. The Bertz CT molecular complexity index is 736. The van der Waals surface area contributed by atoms with Crippen molar-refractivity contribution in [1.82, 2.24) is 4.98 Å². The Hall–Kier alpha value is -1.65. The van der Waals surface area contributed by atoms with E-state index in [1.165, 1.54) is 23.8 Å². The molecule has 0 bridgehead atoms. The number of hydrogen-bond acceptors (Lipinski definition) is 4. The predicted molar refractivity (Wildman–Crippen MR) is 85.2 cm³/mol. The van der Waals surface area contributed by atoms with E-state index in [0.29, 0.717) is 15.0 Å². The predicted octanol–water partition coefficient (Wildman–Crippen LogP) is 4.30. The van der Waals surface area contributed by atoms with E-state index in [1.54, 1.807) is 0 Å². The first kappa shape index (κ1) is 14.3. The molecule has 2 aromatic rings. The number of ether oxygens (including phenoxy) is 1. The van der Waals surface area contributed by atoms with Crippen LogP contribution in [0.4, 0.5) is 0 Å². The Labute approximate surface area is 132 Å². The van der Waals surface area contributed by atoms with E-state index >= 15 is 0 Å². The number of esters is 1. The fourth-order valence-electron chi connectivity index (χ4n) is 2.70. The van der Waals surface area contributed by atoms with Crippen molar-refractivity contribution in [3.63, 3.8) is 0 Å². The van der Waals surface area contributed by atoms with Crippen LogP contribution < -0.4 is 0 Å². The maximum absolute atomic E-state index is 11.9. The molecule has 1 aliphatic rings. The van der Waals surface area contributed by atoms with E-state index in [4.69, 9.17) is 16.3 Å². The minimum absolute atomic E-state index is 0.0376. The van der Waals surface area contributed by atoms with E-state index in [1.807, 2.05) is 6.07 Å². The van der Waals surface area contributed by atoms with Gasteiger partial charge in [-0.25, -0.2) is 9.78 Å². The lowest BCUT2D eigenvalue weighted by atomic mass is 9.94. The Balaban J connectivity index is 2.10. The monoisotopic (exact) mass is 319 g/mol. The smallest absolute Gasteiger partial charge is 0.350 e. The van der Waals surface area contributed by atoms with Crippen LogP contribution in [-0.4, -0.2) is 18.1 Å². The number of aryl methyl sites for hydroxylation is 1. The van der Waals surface area contributed by atoms with E-state index in [0.717, 1.165) is 17.8 Å². The Kier molecular flexibility index (Phi) is 3.83. The Morgan fingerprint density at radius 3 is 3.00 bits per heavy atom. The number of aromatic nitrogens is 1. The minimum Gasteiger partial charge on any atom is -0.465 e. The summed E-state index contributed by atoms with van der Waals surface area (Å²) in [7, 11) is 1.37. The summed E-state index contributed by atoms with van der Waals surface area (Å²) < 4.78 is 5.19. The van der Waals surface area contributed by atoms with Gasteiger partial charge in [0.1, 0.15) is 4.88 Å². The number of carbonyl (C=O) groups excluding carboxylic acids is 1. The zero-order valence-electron chi connectivity index (χ0n) is 11.7. The molecule has 1 atom stereocenters. The number of halogens is 1. The fraction of sp³-hybridized carbons (Fsp3) is 0.250. The highest BCUT2D eigenvalue weighted by Crippen LogP contribution is 2.40. The van der Waals surface area contributed by atoms with E-state index < -0.39 is 0 Å². The quantitative estimate of drug-likeness (QED) is 0.792. The van der Waals surface area contributed by atoms with Crippen LogP contribution in [0.2, 0.25) is 4.47 Å². The van der Waals surface area contributed by atoms with Crippen molar-refractivity contribution in [2.24, 2.45) is 0 Å². The highest BCUT2D eigenvalue weighted by Gasteiger charge is 2.28. The van der Waals surface area contributed by atoms with Gasteiger partial charge in [-0.2, -0.15) is 0 Å². The van der Waals surface area contributed by atoms with Gasteiger partial charge in [0.2, 0.25) is 0 Å². The molecule has 1 unspecified atom stereocenters. The van der Waals surface area contributed by atoms with Gasteiger partial charge in [0.05, 0.1) is 12.8 Å². The molecule has 1 aliphatic carbocycles. The third-order valence-electron chi connectivity index (χ3n) is 3.69. The summed E-state index contributed by atoms with van der Waals surface area (Å²) in [5.41, 5.74) is 4.37. The summed E-state index contributed by atoms with van der Waals surface area (Å²) >= 11 is 7.17. The molecule has 0 N–H and O–H groups in total. The van der Waals surface area contributed by atoms with Crippen molar-refractivity contribution in [2.45, 2.75) is 19.3 Å². The molecule has 0 saturated carbocycles. The Morgan fingerprint density at radius 1 is 1.48 bits per heavy atom. The number of nitrogens with zero attached hydrogens (tertiary/aromatic N) is 1. The molecule has 1 aromatic heterocycles. The van der Waals surface area contributed by atoms with Crippen molar-refractivity contribution in [3.8, 4) is 0 Å². The molecule has 1 aromatic carbocycles. The highest BCUT2D eigenvalue weighted by atomic mass is 35.5. The van der Waals surface area contributed by atoms with E-state index in [-0.39, 0.29) is 11.9 Å². The molecule has 3 nitrogen and oxygen atoms in total. The average Bonchev–Trinajstić information content (AvgIpc) is 3.09. The molecule has 0 saturated heterocycles. The van der Waals surface area contributed by atoms with Crippen LogP contribution in [0.5, 0.6) is 0 Å². The van der Waals surface area contributed by atoms with Gasteiger partial charge < -0.3 is 4.74 Å². The Morgan fingerprint density at radius 2 is 2.29 bits per heavy atom. The summed E-state index contributed by atoms with van der Waals surface area (Å²) in [6.07, 6.45) is 5.15. The number of thiazole rings is 1. The molecule has 0 radical (unpaired) electrons. The first-order valence-electron chi connectivity index (χ1n) is 6.70. The van der Waals surface area contributed by atoms with E-state index in [2.05, 4.69) is 36.2 Å². The maximum atomic E-state index is 11.9. The van der Waals surface area contributed by atoms with Gasteiger partial charge in [-0.15, -0.1) is 0 Å². The van der Waals surface area contributed by atoms with Gasteiger partial charge in [0.15, 0.2) is 4.47 Å². The van der Waals surface area contributed by atoms with Gasteiger partial charge in [-0.1, -0.05) is 60.2 Å². The lowest BCUT2D eigenvalue weighted by molar-refractivity contribution is 0.0604. The van der Waals surface area contributed by atoms with Gasteiger partial charge in [0.25, 0.3) is 0 Å². The summed E-state index contributed by atoms with van der Waals surface area (Å²) in [6, 6.07) is 6.25. The lowest BCUT2D eigenvalue weighted by Gasteiger charge is -2.12. The molecule has 3 rings (SSSR count). The third-order valence-corrected chi connectivity index (χ3v) is 4.85. The first-order chi connectivity index (χ1) is 10.2. The van der Waals surface area contributed by atoms with Crippen LogP contribution in [0.1, 0.15) is 44.9 Å². The second-order valence-corrected chi connectivity index (χ2v) is 6.36. The number of allylic oxidation sites excluding steroid dienone is 1. The standard InChI is InChI=1S/C16H14ClNO2S/c1-3-9-5-4-6-11-10(9)7-8-12(11)13-14(15(19)20-2)21-16(17)18-13/h4-8,12H,3H2,1-2H3. The van der Waals surface area contributed by atoms with Crippen LogP contribution in [0.15, 0.2) is 24.3 Å². The number of methoxy groups -OCH3 is 1. The molecule has 0 fully saturated rings. The molecule has 5 heteroatoms. The molecule has 0 aliphatic heterocycles. The molecule has 0 amide bonds. The van der Waals surface area contributed by atoms with E-state index in [9.17, 15) is 4.79 Å². The van der Waals surface area contributed by atoms with Gasteiger partial charge in [-0.05, 0) is 23.1 Å². The zero-order valence-corrected chi connectivity index (χ0v) is 13.3. The lowest BCUT2D eigenvalue weighted by Crippen LogP contribution is -2.06. The number of carbonyl (C=O) groups is 1. The van der Waals surface area contributed by atoms with Gasteiger partial charge >= 0.3 is 5.97 Å². The molecular formula is C16H14ClNO2S. The van der Waals surface area contributed by atoms with Crippen LogP contribution in [0, 0.1) is 0 Å². The average molecular weight is 320 g/mol. The number of hydrogen-bond donors (Lipinski definition) is 0. The molecular weight excluding hydrogens is 306 g/mol. The second-order valence-electron chi connectivity index (χ2n) is 4.78. The molecule has 21 heavy (non-hydrogen) atoms. The van der Waals surface area contributed by atoms with Crippen LogP contribution >= 0.6 is 22.9 Å². The van der Waals surface area contributed by atoms with Gasteiger partial charge in [0, 0.05) is 5.92 Å². The summed E-state index contributed by atoms with van der Waals surface area (Å²) in [5, 5.41) is 0. The van der Waals surface area contributed by atoms with Gasteiger partial charge in [-0.3, -0.25) is 0 Å². The van der Waals surface area contributed by atoms with Crippen molar-refractivity contribution < 1.29 is 9.53 Å². The fourth-order valence-corrected chi connectivity index (χ4v) is 3.78. The number of benzene rings is 1. The second kappa shape index (κ2) is 5.62. The topological polar surface area (TPSA) is 39.2 Å². The largest absolute Gasteiger partial charge is 0.465 e. The minimum atomic E-state index is -0.386. The molecule has 0 spiro atoms. The first-order valence-corrected chi connectivity index (χ1v) is 7.89. The van der Waals surface area contributed by atoms with Crippen LogP contribution in [0.3, 0.4) is 0 Å². The van der Waals surface area contributed by atoms with Crippen LogP contribution in [0.25, 0.3) is 6.08 Å². The molecule has 108 valence electrons.